The van der Waals surface area contributed by atoms with Gasteiger partial charge in [-0.25, -0.2) is 4.79 Å². The topological polar surface area (TPSA) is 102 Å². The summed E-state index contributed by atoms with van der Waals surface area (Å²) in [6.07, 6.45) is 0. The first-order valence-corrected chi connectivity index (χ1v) is 7.50. The number of benzene rings is 2. The third-order valence-corrected chi connectivity index (χ3v) is 3.75. The van der Waals surface area contributed by atoms with Crippen LogP contribution in [0.3, 0.4) is 0 Å². The highest BCUT2D eigenvalue weighted by atomic mass is 16.6. The summed E-state index contributed by atoms with van der Waals surface area (Å²) in [5.74, 6) is -0.754. The van der Waals surface area contributed by atoms with Crippen molar-refractivity contribution >= 4 is 22.4 Å². The Morgan fingerprint density at radius 2 is 1.88 bits per heavy atom. The quantitative estimate of drug-likeness (QED) is 0.582. The summed E-state index contributed by atoms with van der Waals surface area (Å²) in [5.41, 5.74) is 1.13. The summed E-state index contributed by atoms with van der Waals surface area (Å²) in [6, 6.07) is 12.7. The van der Waals surface area contributed by atoms with Gasteiger partial charge >= 0.3 is 5.63 Å². The fraction of sp³-hybridized carbons (Fsp3) is 0.111. The average Bonchev–Trinajstić information content (AvgIpc) is 2.60. The molecule has 0 aliphatic heterocycles. The number of non-ortho nitro benzene ring substituents is 1. The van der Waals surface area contributed by atoms with Crippen LogP contribution in [0.5, 0.6) is 0 Å². The summed E-state index contributed by atoms with van der Waals surface area (Å²) in [6.45, 7) is 2.24. The van der Waals surface area contributed by atoms with E-state index in [2.05, 4.69) is 5.32 Å². The van der Waals surface area contributed by atoms with Gasteiger partial charge in [0, 0.05) is 18.7 Å². The fourth-order valence-electron chi connectivity index (χ4n) is 2.38. The number of aryl methyl sites for hydroxylation is 1. The molecule has 0 spiro atoms. The van der Waals surface area contributed by atoms with Crippen LogP contribution in [0.25, 0.3) is 10.8 Å². The zero-order valence-corrected chi connectivity index (χ0v) is 13.3. The normalized spacial score (nSPS) is 10.6. The third kappa shape index (κ3) is 3.55. The van der Waals surface area contributed by atoms with Gasteiger partial charge in [0.2, 0.25) is 0 Å². The van der Waals surface area contributed by atoms with Gasteiger partial charge in [0.05, 0.1) is 10.3 Å². The predicted octanol–water partition coefficient (Wildman–Crippen LogP) is 2.94. The summed E-state index contributed by atoms with van der Waals surface area (Å²) in [7, 11) is 0. The molecule has 1 heterocycles. The molecular weight excluding hydrogens is 324 g/mol. The lowest BCUT2D eigenvalue weighted by Gasteiger charge is -2.06. The van der Waals surface area contributed by atoms with Crippen LogP contribution < -0.4 is 10.9 Å². The number of nitro benzene ring substituents is 1. The van der Waals surface area contributed by atoms with E-state index in [1.807, 2.05) is 31.2 Å². The molecule has 0 fully saturated rings. The first kappa shape index (κ1) is 16.4. The number of carbonyl (C=O) groups excluding carboxylic acids is 1. The minimum Gasteiger partial charge on any atom is -0.417 e. The largest absolute Gasteiger partial charge is 0.417 e. The molecule has 25 heavy (non-hydrogen) atoms. The molecule has 0 radical (unpaired) electrons. The molecule has 3 rings (SSSR count). The number of hydrogen-bond donors (Lipinski definition) is 1. The van der Waals surface area contributed by atoms with Crippen molar-refractivity contribution in [1.29, 1.82) is 0 Å². The van der Waals surface area contributed by atoms with Crippen molar-refractivity contribution < 1.29 is 14.1 Å². The maximum atomic E-state index is 12.2. The molecule has 0 atom stereocenters. The zero-order valence-electron chi connectivity index (χ0n) is 13.3. The lowest BCUT2D eigenvalue weighted by Crippen LogP contribution is -2.24. The Kier molecular flexibility index (Phi) is 4.30. The van der Waals surface area contributed by atoms with Gasteiger partial charge in [-0.05, 0) is 30.0 Å². The first-order chi connectivity index (χ1) is 11.9. The molecule has 7 nitrogen and oxygen atoms in total. The Bertz CT molecular complexity index is 1020. The molecule has 126 valence electrons. The van der Waals surface area contributed by atoms with E-state index in [0.29, 0.717) is 0 Å². The molecule has 2 aromatic carbocycles. The molecule has 0 aliphatic rings. The van der Waals surface area contributed by atoms with Crippen LogP contribution in [0.2, 0.25) is 0 Å². The second-order valence-corrected chi connectivity index (χ2v) is 5.60. The minimum absolute atomic E-state index is 0.163. The second-order valence-electron chi connectivity index (χ2n) is 5.60. The number of hydrogen-bond acceptors (Lipinski definition) is 5. The molecule has 1 amide bonds. The van der Waals surface area contributed by atoms with Crippen LogP contribution in [-0.4, -0.2) is 10.8 Å². The lowest BCUT2D eigenvalue weighted by atomic mass is 10.1. The average molecular weight is 338 g/mol. The Labute approximate surface area is 142 Å². The van der Waals surface area contributed by atoms with Crippen LogP contribution in [0.1, 0.15) is 21.7 Å². The number of rotatable bonds is 4. The van der Waals surface area contributed by atoms with Gasteiger partial charge in [-0.1, -0.05) is 29.8 Å². The predicted molar refractivity (Wildman–Crippen MR) is 91.5 cm³/mol. The number of nitrogens with zero attached hydrogens (tertiary/aromatic N) is 1. The number of amides is 1. The van der Waals surface area contributed by atoms with E-state index in [-0.39, 0.29) is 28.8 Å². The Balaban J connectivity index is 1.86. The number of nitrogens with one attached hydrogen (secondary N) is 1. The van der Waals surface area contributed by atoms with Gasteiger partial charge in [0.15, 0.2) is 5.76 Å². The molecular formula is C18H14N2O5. The third-order valence-electron chi connectivity index (χ3n) is 3.75. The minimum atomic E-state index is -0.715. The number of nitro groups is 1. The molecule has 3 aromatic rings. The highest BCUT2D eigenvalue weighted by Gasteiger charge is 2.14. The van der Waals surface area contributed by atoms with Crippen molar-refractivity contribution in [2.45, 2.75) is 13.5 Å². The van der Waals surface area contributed by atoms with Gasteiger partial charge in [-0.2, -0.15) is 0 Å². The van der Waals surface area contributed by atoms with Crippen LogP contribution in [-0.2, 0) is 6.54 Å². The Morgan fingerprint density at radius 1 is 1.16 bits per heavy atom. The van der Waals surface area contributed by atoms with Crippen molar-refractivity contribution in [2.24, 2.45) is 0 Å². The Morgan fingerprint density at radius 3 is 2.56 bits per heavy atom. The fourth-order valence-corrected chi connectivity index (χ4v) is 2.38. The second kappa shape index (κ2) is 6.56. The summed E-state index contributed by atoms with van der Waals surface area (Å²) in [4.78, 5) is 34.5. The van der Waals surface area contributed by atoms with Gasteiger partial charge < -0.3 is 9.73 Å². The highest BCUT2D eigenvalue weighted by molar-refractivity contribution is 5.95. The van der Waals surface area contributed by atoms with Crippen LogP contribution in [0.4, 0.5) is 5.69 Å². The number of carbonyl (C=O) groups is 1. The van der Waals surface area contributed by atoms with E-state index in [4.69, 9.17) is 4.42 Å². The van der Waals surface area contributed by atoms with Crippen molar-refractivity contribution in [1.82, 2.24) is 5.32 Å². The summed E-state index contributed by atoms with van der Waals surface area (Å²) in [5, 5.41) is 14.0. The molecule has 0 bridgehead atoms. The molecule has 0 saturated heterocycles. The van der Waals surface area contributed by atoms with Gasteiger partial charge in [0.1, 0.15) is 0 Å². The molecule has 1 aromatic heterocycles. The standard InChI is InChI=1S/C18H14N2O5/c1-11-2-4-12(5-3-11)10-19-17(21)16-9-13-8-14(20(23)24)6-7-15(13)18(22)25-16/h2-9H,10H2,1H3,(H,19,21). The van der Waals surface area contributed by atoms with Crippen LogP contribution >= 0.6 is 0 Å². The Hall–Kier alpha value is -3.48. The maximum absolute atomic E-state index is 12.2. The molecule has 1 N–H and O–H groups in total. The van der Waals surface area contributed by atoms with E-state index in [1.54, 1.807) is 0 Å². The van der Waals surface area contributed by atoms with Crippen LogP contribution in [0, 0.1) is 17.0 Å². The zero-order chi connectivity index (χ0) is 18.0. The SMILES string of the molecule is Cc1ccc(CNC(=O)c2cc3cc([N+](=O)[O-])ccc3c(=O)o2)cc1. The molecule has 7 heteroatoms. The summed E-state index contributed by atoms with van der Waals surface area (Å²) >= 11 is 0. The van der Waals surface area contributed by atoms with Crippen molar-refractivity contribution in [3.05, 3.63) is 86.0 Å². The monoisotopic (exact) mass is 338 g/mol. The maximum Gasteiger partial charge on any atom is 0.344 e. The molecule has 0 unspecified atom stereocenters. The van der Waals surface area contributed by atoms with Crippen molar-refractivity contribution in [3.63, 3.8) is 0 Å². The van der Waals surface area contributed by atoms with Gasteiger partial charge in [0.25, 0.3) is 11.6 Å². The van der Waals surface area contributed by atoms with E-state index in [9.17, 15) is 19.7 Å². The van der Waals surface area contributed by atoms with E-state index in [1.165, 1.54) is 24.3 Å². The highest BCUT2D eigenvalue weighted by Crippen LogP contribution is 2.19. The van der Waals surface area contributed by atoms with Crippen molar-refractivity contribution in [2.75, 3.05) is 0 Å². The smallest absolute Gasteiger partial charge is 0.344 e. The van der Waals surface area contributed by atoms with E-state index in [0.717, 1.165) is 11.1 Å². The van der Waals surface area contributed by atoms with Crippen molar-refractivity contribution in [3.8, 4) is 0 Å². The number of fused-ring (bicyclic) bond motifs is 1. The van der Waals surface area contributed by atoms with E-state index >= 15 is 0 Å². The van der Waals surface area contributed by atoms with Gasteiger partial charge in [-0.15, -0.1) is 0 Å². The lowest BCUT2D eigenvalue weighted by molar-refractivity contribution is -0.384. The van der Waals surface area contributed by atoms with E-state index < -0.39 is 16.5 Å². The van der Waals surface area contributed by atoms with Crippen LogP contribution in [0.15, 0.2) is 57.7 Å². The molecule has 0 saturated carbocycles. The van der Waals surface area contributed by atoms with Gasteiger partial charge in [-0.3, -0.25) is 14.9 Å². The first-order valence-electron chi connectivity index (χ1n) is 7.50. The summed E-state index contributed by atoms with van der Waals surface area (Å²) < 4.78 is 5.02. The molecule has 0 aliphatic carbocycles.